The number of alkyl halides is 3. The lowest BCUT2D eigenvalue weighted by atomic mass is 10.0. The zero-order valence-corrected chi connectivity index (χ0v) is 13.8. The fourth-order valence-electron chi connectivity index (χ4n) is 2.96. The van der Waals surface area contributed by atoms with Crippen LogP contribution in [-0.4, -0.2) is 28.1 Å². The van der Waals surface area contributed by atoms with Gasteiger partial charge in [-0.3, -0.25) is 0 Å². The Kier molecular flexibility index (Phi) is 3.77. The highest BCUT2D eigenvalue weighted by atomic mass is 19.4. The van der Waals surface area contributed by atoms with E-state index in [1.807, 2.05) is 0 Å². The standard InChI is InChI=1S/C17H19F3N2O2/c1-16(2,3)24-15(23)22-8-7-13-11(9-22)10-5-4-6-12(14(10)21-13)17(18,19)20/h4-6,21H,7-9H2,1-3H3. The summed E-state index contributed by atoms with van der Waals surface area (Å²) >= 11 is 0. The van der Waals surface area contributed by atoms with Crippen LogP contribution in [-0.2, 0) is 23.9 Å². The molecule has 0 radical (unpaired) electrons. The summed E-state index contributed by atoms with van der Waals surface area (Å²) in [6.07, 6.45) is -4.40. The quantitative estimate of drug-likeness (QED) is 0.768. The van der Waals surface area contributed by atoms with Gasteiger partial charge in [-0.1, -0.05) is 12.1 Å². The molecule has 1 N–H and O–H groups in total. The summed E-state index contributed by atoms with van der Waals surface area (Å²) in [5, 5.41) is 0.507. The predicted molar refractivity (Wildman–Crippen MR) is 83.6 cm³/mol. The molecule has 3 rings (SSSR count). The lowest BCUT2D eigenvalue weighted by Gasteiger charge is -2.30. The molecule has 1 amide bonds. The summed E-state index contributed by atoms with van der Waals surface area (Å²) in [6, 6.07) is 4.11. The number of aromatic amines is 1. The van der Waals surface area contributed by atoms with Crippen molar-refractivity contribution in [2.75, 3.05) is 6.54 Å². The SMILES string of the molecule is CC(C)(C)OC(=O)N1CCc2[nH]c3c(C(F)(F)F)cccc3c2C1. The van der Waals surface area contributed by atoms with Crippen molar-refractivity contribution in [1.82, 2.24) is 9.88 Å². The number of hydrogen-bond donors (Lipinski definition) is 1. The third-order valence-electron chi connectivity index (χ3n) is 3.97. The van der Waals surface area contributed by atoms with Crippen molar-refractivity contribution >= 4 is 17.0 Å². The van der Waals surface area contributed by atoms with Gasteiger partial charge in [0.1, 0.15) is 5.60 Å². The Morgan fingerprint density at radius 2 is 1.96 bits per heavy atom. The van der Waals surface area contributed by atoms with E-state index in [0.29, 0.717) is 18.4 Å². The Labute approximate surface area is 137 Å². The van der Waals surface area contributed by atoms with Crippen LogP contribution >= 0.6 is 0 Å². The Balaban J connectivity index is 1.96. The van der Waals surface area contributed by atoms with E-state index in [2.05, 4.69) is 4.98 Å². The monoisotopic (exact) mass is 340 g/mol. The average molecular weight is 340 g/mol. The van der Waals surface area contributed by atoms with Gasteiger partial charge < -0.3 is 14.6 Å². The van der Waals surface area contributed by atoms with Crippen molar-refractivity contribution < 1.29 is 22.7 Å². The normalized spacial score (nSPS) is 15.5. The maximum atomic E-state index is 13.2. The van der Waals surface area contributed by atoms with Gasteiger partial charge in [0.25, 0.3) is 0 Å². The van der Waals surface area contributed by atoms with Crippen LogP contribution in [0.25, 0.3) is 10.9 Å². The molecule has 0 atom stereocenters. The van der Waals surface area contributed by atoms with Gasteiger partial charge in [0.05, 0.1) is 17.6 Å². The van der Waals surface area contributed by atoms with Gasteiger partial charge in [0, 0.05) is 29.6 Å². The van der Waals surface area contributed by atoms with Gasteiger partial charge in [-0.25, -0.2) is 4.79 Å². The number of H-pyrrole nitrogens is 1. The average Bonchev–Trinajstić information content (AvgIpc) is 2.81. The largest absolute Gasteiger partial charge is 0.444 e. The number of aromatic nitrogens is 1. The van der Waals surface area contributed by atoms with Crippen molar-refractivity contribution in [3.8, 4) is 0 Å². The maximum Gasteiger partial charge on any atom is 0.418 e. The molecule has 2 heterocycles. The Morgan fingerprint density at radius 3 is 2.58 bits per heavy atom. The molecule has 1 aliphatic heterocycles. The van der Waals surface area contributed by atoms with Crippen molar-refractivity contribution in [3.05, 3.63) is 35.0 Å². The molecule has 1 aliphatic rings. The third kappa shape index (κ3) is 3.07. The number of carbonyl (C=O) groups excluding carboxylic acids is 1. The highest BCUT2D eigenvalue weighted by Gasteiger charge is 2.35. The third-order valence-corrected chi connectivity index (χ3v) is 3.97. The lowest BCUT2D eigenvalue weighted by Crippen LogP contribution is -2.39. The smallest absolute Gasteiger partial charge is 0.418 e. The number of ether oxygens (including phenoxy) is 1. The van der Waals surface area contributed by atoms with Crippen LogP contribution in [0.5, 0.6) is 0 Å². The van der Waals surface area contributed by atoms with Crippen LogP contribution in [0.2, 0.25) is 0 Å². The molecule has 1 aromatic carbocycles. The summed E-state index contributed by atoms with van der Waals surface area (Å²) in [5.41, 5.74) is 0.273. The number of fused-ring (bicyclic) bond motifs is 3. The summed E-state index contributed by atoms with van der Waals surface area (Å²) < 4.78 is 44.9. The van der Waals surface area contributed by atoms with E-state index in [1.54, 1.807) is 26.8 Å². The molecule has 0 spiro atoms. The van der Waals surface area contributed by atoms with E-state index in [1.165, 1.54) is 11.0 Å². The second kappa shape index (κ2) is 5.43. The molecule has 2 aromatic rings. The Hall–Kier alpha value is -2.18. The number of amides is 1. The van der Waals surface area contributed by atoms with Gasteiger partial charge >= 0.3 is 12.3 Å². The van der Waals surface area contributed by atoms with Crippen LogP contribution in [0, 0.1) is 0 Å². The highest BCUT2D eigenvalue weighted by molar-refractivity contribution is 5.88. The molecule has 0 saturated carbocycles. The van der Waals surface area contributed by atoms with E-state index in [4.69, 9.17) is 4.74 Å². The number of rotatable bonds is 0. The number of hydrogen-bond acceptors (Lipinski definition) is 2. The number of benzene rings is 1. The van der Waals surface area contributed by atoms with Gasteiger partial charge in [-0.2, -0.15) is 13.2 Å². The first-order valence-electron chi connectivity index (χ1n) is 7.74. The molecule has 0 fully saturated rings. The molecule has 1 aromatic heterocycles. The van der Waals surface area contributed by atoms with Crippen LogP contribution in [0.4, 0.5) is 18.0 Å². The first kappa shape index (κ1) is 16.7. The molecular weight excluding hydrogens is 321 g/mol. The number of halogens is 3. The highest BCUT2D eigenvalue weighted by Crippen LogP contribution is 2.37. The summed E-state index contributed by atoms with van der Waals surface area (Å²) in [7, 11) is 0. The van der Waals surface area contributed by atoms with Crippen LogP contribution in [0.15, 0.2) is 18.2 Å². The topological polar surface area (TPSA) is 45.3 Å². The summed E-state index contributed by atoms with van der Waals surface area (Å²) in [4.78, 5) is 16.7. The van der Waals surface area contributed by atoms with E-state index in [9.17, 15) is 18.0 Å². The van der Waals surface area contributed by atoms with Gasteiger partial charge in [0.2, 0.25) is 0 Å². The first-order valence-corrected chi connectivity index (χ1v) is 7.74. The number of nitrogens with zero attached hydrogens (tertiary/aromatic N) is 1. The second-order valence-corrected chi connectivity index (χ2v) is 6.96. The van der Waals surface area contributed by atoms with E-state index < -0.39 is 23.4 Å². The lowest BCUT2D eigenvalue weighted by molar-refractivity contribution is -0.136. The maximum absolute atomic E-state index is 13.2. The van der Waals surface area contributed by atoms with Crippen LogP contribution < -0.4 is 0 Å². The van der Waals surface area contributed by atoms with Crippen molar-refractivity contribution in [2.45, 2.75) is 45.5 Å². The number of para-hydroxylation sites is 1. The minimum atomic E-state index is -4.42. The number of carbonyl (C=O) groups is 1. The van der Waals surface area contributed by atoms with Crippen molar-refractivity contribution in [2.24, 2.45) is 0 Å². The van der Waals surface area contributed by atoms with Crippen molar-refractivity contribution in [3.63, 3.8) is 0 Å². The Bertz CT molecular complexity index is 787. The van der Waals surface area contributed by atoms with Crippen LogP contribution in [0.1, 0.15) is 37.6 Å². The molecule has 0 saturated heterocycles. The van der Waals surface area contributed by atoms with Gasteiger partial charge in [0.15, 0.2) is 0 Å². The molecule has 4 nitrogen and oxygen atoms in total. The Morgan fingerprint density at radius 1 is 1.25 bits per heavy atom. The fraction of sp³-hybridized carbons (Fsp3) is 0.471. The van der Waals surface area contributed by atoms with E-state index >= 15 is 0 Å². The number of nitrogens with one attached hydrogen (secondary N) is 1. The minimum Gasteiger partial charge on any atom is -0.444 e. The summed E-state index contributed by atoms with van der Waals surface area (Å²) in [5.74, 6) is 0. The van der Waals surface area contributed by atoms with E-state index in [0.717, 1.165) is 17.3 Å². The molecule has 7 heteroatoms. The van der Waals surface area contributed by atoms with E-state index in [-0.39, 0.29) is 12.1 Å². The first-order chi connectivity index (χ1) is 11.1. The zero-order valence-electron chi connectivity index (χ0n) is 13.8. The minimum absolute atomic E-state index is 0.0843. The molecule has 24 heavy (non-hydrogen) atoms. The van der Waals surface area contributed by atoms with Gasteiger partial charge in [-0.15, -0.1) is 0 Å². The predicted octanol–water partition coefficient (Wildman–Crippen LogP) is 4.48. The molecular formula is C17H19F3N2O2. The molecule has 0 unspecified atom stereocenters. The molecule has 0 aliphatic carbocycles. The zero-order chi connectivity index (χ0) is 17.7. The van der Waals surface area contributed by atoms with Gasteiger partial charge in [-0.05, 0) is 26.8 Å². The fourth-order valence-corrected chi connectivity index (χ4v) is 2.96. The second-order valence-electron chi connectivity index (χ2n) is 6.96. The molecule has 0 bridgehead atoms. The van der Waals surface area contributed by atoms with Crippen LogP contribution in [0.3, 0.4) is 0 Å². The molecule has 130 valence electrons. The summed E-state index contributed by atoms with van der Waals surface area (Å²) in [6.45, 7) is 5.99. The van der Waals surface area contributed by atoms with Crippen molar-refractivity contribution in [1.29, 1.82) is 0 Å².